The summed E-state index contributed by atoms with van der Waals surface area (Å²) in [4.78, 5) is 11.5. The standard InChI is InChI=1S/C11H24N2O3S/c1-5-6-7-12-11(14)9-13(8-10(2)3)17(4,15)16/h10H,5-9H2,1-4H3,(H,12,14). The zero-order valence-corrected chi connectivity index (χ0v) is 12.0. The number of hydrogen-bond donors (Lipinski definition) is 1. The van der Waals surface area contributed by atoms with Crippen LogP contribution in [0.4, 0.5) is 0 Å². The van der Waals surface area contributed by atoms with Crippen molar-refractivity contribution in [3.05, 3.63) is 0 Å². The van der Waals surface area contributed by atoms with Crippen LogP contribution in [0.15, 0.2) is 0 Å². The van der Waals surface area contributed by atoms with Crippen LogP contribution < -0.4 is 5.32 Å². The predicted octanol–water partition coefficient (Wildman–Crippen LogP) is 0.820. The van der Waals surface area contributed by atoms with Crippen LogP contribution in [-0.4, -0.2) is 44.5 Å². The lowest BCUT2D eigenvalue weighted by molar-refractivity contribution is -0.121. The first-order chi connectivity index (χ1) is 7.77. The molecule has 0 aliphatic heterocycles. The molecular formula is C11H24N2O3S. The van der Waals surface area contributed by atoms with Crippen molar-refractivity contribution >= 4 is 15.9 Å². The number of nitrogens with zero attached hydrogens (tertiary/aromatic N) is 1. The molecule has 1 N–H and O–H groups in total. The summed E-state index contributed by atoms with van der Waals surface area (Å²) in [6.07, 6.45) is 3.05. The third-order valence-corrected chi connectivity index (χ3v) is 3.43. The van der Waals surface area contributed by atoms with Crippen molar-refractivity contribution in [3.8, 4) is 0 Å². The van der Waals surface area contributed by atoms with Crippen molar-refractivity contribution in [2.75, 3.05) is 25.9 Å². The molecular weight excluding hydrogens is 240 g/mol. The number of unbranched alkanes of at least 4 members (excludes halogenated alkanes) is 1. The lowest BCUT2D eigenvalue weighted by atomic mass is 10.2. The summed E-state index contributed by atoms with van der Waals surface area (Å²) < 4.78 is 24.2. The Labute approximate surface area is 105 Å². The minimum atomic E-state index is -3.31. The third kappa shape index (κ3) is 8.15. The van der Waals surface area contributed by atoms with E-state index in [0.717, 1.165) is 19.1 Å². The summed E-state index contributed by atoms with van der Waals surface area (Å²) in [5.41, 5.74) is 0. The van der Waals surface area contributed by atoms with Crippen LogP contribution in [0.5, 0.6) is 0 Å². The predicted molar refractivity (Wildman–Crippen MR) is 69.2 cm³/mol. The quantitative estimate of drug-likeness (QED) is 0.660. The summed E-state index contributed by atoms with van der Waals surface area (Å²) in [6.45, 7) is 6.78. The van der Waals surface area contributed by atoms with Crippen LogP contribution in [0.2, 0.25) is 0 Å². The fourth-order valence-electron chi connectivity index (χ4n) is 1.35. The van der Waals surface area contributed by atoms with Crippen molar-refractivity contribution < 1.29 is 13.2 Å². The second-order valence-electron chi connectivity index (χ2n) is 4.65. The van der Waals surface area contributed by atoms with E-state index in [1.165, 1.54) is 4.31 Å². The van der Waals surface area contributed by atoms with Gasteiger partial charge >= 0.3 is 0 Å². The Morgan fingerprint density at radius 3 is 2.35 bits per heavy atom. The number of nitrogens with one attached hydrogen (secondary N) is 1. The third-order valence-electron chi connectivity index (χ3n) is 2.21. The number of rotatable bonds is 8. The van der Waals surface area contributed by atoms with Gasteiger partial charge in [-0.2, -0.15) is 4.31 Å². The highest BCUT2D eigenvalue weighted by molar-refractivity contribution is 7.88. The van der Waals surface area contributed by atoms with Crippen LogP contribution in [0.3, 0.4) is 0 Å². The highest BCUT2D eigenvalue weighted by Crippen LogP contribution is 2.03. The van der Waals surface area contributed by atoms with Gasteiger partial charge in [-0.3, -0.25) is 4.79 Å². The largest absolute Gasteiger partial charge is 0.355 e. The highest BCUT2D eigenvalue weighted by atomic mass is 32.2. The van der Waals surface area contributed by atoms with Gasteiger partial charge in [-0.1, -0.05) is 27.2 Å². The number of hydrogen-bond acceptors (Lipinski definition) is 3. The number of carbonyl (C=O) groups is 1. The Balaban J connectivity index is 4.29. The topological polar surface area (TPSA) is 66.5 Å². The monoisotopic (exact) mass is 264 g/mol. The molecule has 0 aromatic heterocycles. The summed E-state index contributed by atoms with van der Waals surface area (Å²) >= 11 is 0. The fourth-order valence-corrected chi connectivity index (χ4v) is 2.27. The molecule has 0 unspecified atom stereocenters. The van der Waals surface area contributed by atoms with Crippen molar-refractivity contribution in [2.45, 2.75) is 33.6 Å². The number of amides is 1. The van der Waals surface area contributed by atoms with Gasteiger partial charge in [0, 0.05) is 13.1 Å². The van der Waals surface area contributed by atoms with Crippen LogP contribution >= 0.6 is 0 Å². The Kier molecular flexibility index (Phi) is 7.38. The first-order valence-corrected chi connectivity index (χ1v) is 7.84. The highest BCUT2D eigenvalue weighted by Gasteiger charge is 2.20. The smallest absolute Gasteiger partial charge is 0.235 e. The lowest BCUT2D eigenvalue weighted by Gasteiger charge is -2.21. The second kappa shape index (κ2) is 7.66. The second-order valence-corrected chi connectivity index (χ2v) is 6.64. The van der Waals surface area contributed by atoms with Crippen LogP contribution in [0.1, 0.15) is 33.6 Å². The molecule has 102 valence electrons. The molecule has 0 atom stereocenters. The molecule has 0 spiro atoms. The van der Waals surface area contributed by atoms with Gasteiger partial charge in [0.25, 0.3) is 0 Å². The maximum atomic E-state index is 11.5. The first kappa shape index (κ1) is 16.4. The van der Waals surface area contributed by atoms with Crippen molar-refractivity contribution in [2.24, 2.45) is 5.92 Å². The maximum Gasteiger partial charge on any atom is 0.235 e. The average Bonchev–Trinajstić information content (AvgIpc) is 2.15. The van der Waals surface area contributed by atoms with E-state index in [-0.39, 0.29) is 18.4 Å². The van der Waals surface area contributed by atoms with Gasteiger partial charge in [-0.05, 0) is 12.3 Å². The molecule has 0 aromatic rings. The molecule has 0 radical (unpaired) electrons. The minimum absolute atomic E-state index is 0.0826. The van der Waals surface area contributed by atoms with Crippen molar-refractivity contribution in [1.29, 1.82) is 0 Å². The molecule has 0 aliphatic carbocycles. The molecule has 17 heavy (non-hydrogen) atoms. The van der Waals surface area contributed by atoms with Gasteiger partial charge in [0.2, 0.25) is 15.9 Å². The molecule has 0 saturated carbocycles. The molecule has 0 rings (SSSR count). The van der Waals surface area contributed by atoms with Crippen molar-refractivity contribution in [1.82, 2.24) is 9.62 Å². The van der Waals surface area contributed by atoms with Crippen LogP contribution in [0, 0.1) is 5.92 Å². The van der Waals surface area contributed by atoms with E-state index in [1.54, 1.807) is 0 Å². The van der Waals surface area contributed by atoms with E-state index < -0.39 is 10.0 Å². The summed E-state index contributed by atoms with van der Waals surface area (Å²) in [5, 5.41) is 2.71. The van der Waals surface area contributed by atoms with E-state index >= 15 is 0 Å². The Morgan fingerprint density at radius 2 is 1.94 bits per heavy atom. The van der Waals surface area contributed by atoms with Crippen molar-refractivity contribution in [3.63, 3.8) is 0 Å². The molecule has 1 amide bonds. The average molecular weight is 264 g/mol. The maximum absolute atomic E-state index is 11.5. The molecule has 0 aromatic carbocycles. The van der Waals surface area contributed by atoms with E-state index in [2.05, 4.69) is 5.32 Å². The molecule has 0 heterocycles. The normalized spacial score (nSPS) is 12.1. The van der Waals surface area contributed by atoms with E-state index in [9.17, 15) is 13.2 Å². The Morgan fingerprint density at radius 1 is 1.35 bits per heavy atom. The van der Waals surface area contributed by atoms with E-state index in [0.29, 0.717) is 13.1 Å². The molecule has 0 fully saturated rings. The first-order valence-electron chi connectivity index (χ1n) is 5.99. The van der Waals surface area contributed by atoms with E-state index in [1.807, 2.05) is 20.8 Å². The molecule has 0 saturated heterocycles. The summed E-state index contributed by atoms with van der Waals surface area (Å²) in [6, 6.07) is 0. The van der Waals surface area contributed by atoms with E-state index in [4.69, 9.17) is 0 Å². The van der Waals surface area contributed by atoms with Gasteiger partial charge in [0.15, 0.2) is 0 Å². The zero-order chi connectivity index (χ0) is 13.5. The van der Waals surface area contributed by atoms with Gasteiger partial charge in [-0.25, -0.2) is 8.42 Å². The molecule has 0 bridgehead atoms. The zero-order valence-electron chi connectivity index (χ0n) is 11.2. The minimum Gasteiger partial charge on any atom is -0.355 e. The lowest BCUT2D eigenvalue weighted by Crippen LogP contribution is -2.42. The Hall–Kier alpha value is -0.620. The SMILES string of the molecule is CCCCNC(=O)CN(CC(C)C)S(C)(=O)=O. The van der Waals surface area contributed by atoms with Crippen LogP contribution in [-0.2, 0) is 14.8 Å². The molecule has 5 nitrogen and oxygen atoms in total. The van der Waals surface area contributed by atoms with Crippen LogP contribution in [0.25, 0.3) is 0 Å². The number of sulfonamides is 1. The van der Waals surface area contributed by atoms with Gasteiger partial charge in [0.05, 0.1) is 12.8 Å². The van der Waals surface area contributed by atoms with Gasteiger partial charge < -0.3 is 5.32 Å². The van der Waals surface area contributed by atoms with Gasteiger partial charge in [0.1, 0.15) is 0 Å². The summed E-state index contributed by atoms with van der Waals surface area (Å²) in [7, 11) is -3.31. The van der Waals surface area contributed by atoms with Gasteiger partial charge in [-0.15, -0.1) is 0 Å². The molecule has 0 aliphatic rings. The molecule has 6 heteroatoms. The fraction of sp³-hybridized carbons (Fsp3) is 0.909. The number of carbonyl (C=O) groups excluding carboxylic acids is 1. The Bertz CT molecular complexity index is 326. The summed E-state index contributed by atoms with van der Waals surface area (Å²) in [5.74, 6) is -0.0299.